The van der Waals surface area contributed by atoms with Crippen LogP contribution in [0.3, 0.4) is 0 Å². The van der Waals surface area contributed by atoms with Crippen LogP contribution in [0.25, 0.3) is 10.8 Å². The minimum absolute atomic E-state index is 0.230. The molecule has 0 aliphatic carbocycles. The third-order valence-electron chi connectivity index (χ3n) is 2.19. The molecular formula is C11H11FN2. The van der Waals surface area contributed by atoms with E-state index in [1.165, 1.54) is 12.1 Å². The van der Waals surface area contributed by atoms with Crippen LogP contribution in [0.2, 0.25) is 0 Å². The van der Waals surface area contributed by atoms with Gasteiger partial charge in [0.05, 0.1) is 5.69 Å². The van der Waals surface area contributed by atoms with Gasteiger partial charge >= 0.3 is 0 Å². The average molecular weight is 190 g/mol. The SMILES string of the molecule is Cc1cc2cc(F)ccc2c(CN)n1. The molecule has 0 aliphatic rings. The Bertz CT molecular complexity index is 475. The van der Waals surface area contributed by atoms with Crippen molar-refractivity contribution in [3.8, 4) is 0 Å². The number of pyridine rings is 1. The quantitative estimate of drug-likeness (QED) is 0.748. The molecule has 1 aromatic carbocycles. The van der Waals surface area contributed by atoms with Crippen LogP contribution in [0.15, 0.2) is 24.3 Å². The van der Waals surface area contributed by atoms with Gasteiger partial charge < -0.3 is 5.73 Å². The molecule has 72 valence electrons. The van der Waals surface area contributed by atoms with Crippen molar-refractivity contribution in [1.29, 1.82) is 0 Å². The molecule has 2 aromatic rings. The van der Waals surface area contributed by atoms with Gasteiger partial charge in [0.15, 0.2) is 0 Å². The normalized spacial score (nSPS) is 10.8. The Morgan fingerprint density at radius 3 is 2.86 bits per heavy atom. The zero-order valence-corrected chi connectivity index (χ0v) is 7.92. The van der Waals surface area contributed by atoms with E-state index in [1.807, 2.05) is 13.0 Å². The summed E-state index contributed by atoms with van der Waals surface area (Å²) in [5.41, 5.74) is 7.25. The van der Waals surface area contributed by atoms with Gasteiger partial charge in [-0.1, -0.05) is 0 Å². The van der Waals surface area contributed by atoms with E-state index < -0.39 is 0 Å². The lowest BCUT2D eigenvalue weighted by Crippen LogP contribution is -2.01. The third kappa shape index (κ3) is 1.46. The maximum Gasteiger partial charge on any atom is 0.123 e. The fourth-order valence-electron chi connectivity index (χ4n) is 1.60. The number of halogens is 1. The van der Waals surface area contributed by atoms with Gasteiger partial charge in [0, 0.05) is 17.6 Å². The number of nitrogens with two attached hydrogens (primary N) is 1. The molecule has 0 atom stereocenters. The number of hydrogen-bond donors (Lipinski definition) is 1. The van der Waals surface area contributed by atoms with Crippen LogP contribution in [-0.2, 0) is 6.54 Å². The van der Waals surface area contributed by atoms with E-state index in [0.717, 1.165) is 22.2 Å². The Morgan fingerprint density at radius 1 is 1.36 bits per heavy atom. The van der Waals surface area contributed by atoms with Crippen molar-refractivity contribution in [3.63, 3.8) is 0 Å². The first-order valence-corrected chi connectivity index (χ1v) is 4.46. The van der Waals surface area contributed by atoms with Crippen molar-refractivity contribution in [2.45, 2.75) is 13.5 Å². The highest BCUT2D eigenvalue weighted by atomic mass is 19.1. The molecule has 1 heterocycles. The highest BCUT2D eigenvalue weighted by molar-refractivity contribution is 5.84. The molecule has 1 aromatic heterocycles. The van der Waals surface area contributed by atoms with Crippen molar-refractivity contribution < 1.29 is 4.39 Å². The minimum Gasteiger partial charge on any atom is -0.325 e. The lowest BCUT2D eigenvalue weighted by Gasteiger charge is -2.05. The maximum absolute atomic E-state index is 13.0. The van der Waals surface area contributed by atoms with Gasteiger partial charge in [-0.15, -0.1) is 0 Å². The van der Waals surface area contributed by atoms with E-state index in [2.05, 4.69) is 4.98 Å². The maximum atomic E-state index is 13.0. The standard InChI is InChI=1S/C11H11FN2/c1-7-4-8-5-9(12)2-3-10(8)11(6-13)14-7/h2-5H,6,13H2,1H3. The van der Waals surface area contributed by atoms with Gasteiger partial charge in [0.2, 0.25) is 0 Å². The molecule has 0 radical (unpaired) electrons. The highest BCUT2D eigenvalue weighted by Crippen LogP contribution is 2.19. The van der Waals surface area contributed by atoms with Gasteiger partial charge in [0.1, 0.15) is 5.82 Å². The molecule has 0 spiro atoms. The smallest absolute Gasteiger partial charge is 0.123 e. The van der Waals surface area contributed by atoms with Crippen molar-refractivity contribution in [2.24, 2.45) is 5.73 Å². The van der Waals surface area contributed by atoms with Crippen molar-refractivity contribution in [1.82, 2.24) is 4.98 Å². The zero-order valence-electron chi connectivity index (χ0n) is 7.92. The number of hydrogen-bond acceptors (Lipinski definition) is 2. The summed E-state index contributed by atoms with van der Waals surface area (Å²) >= 11 is 0. The molecule has 2 N–H and O–H groups in total. The van der Waals surface area contributed by atoms with Gasteiger partial charge in [-0.05, 0) is 36.6 Å². The van der Waals surface area contributed by atoms with Crippen LogP contribution in [-0.4, -0.2) is 4.98 Å². The zero-order chi connectivity index (χ0) is 10.1. The predicted molar refractivity (Wildman–Crippen MR) is 54.3 cm³/mol. The minimum atomic E-state index is -0.230. The summed E-state index contributed by atoms with van der Waals surface area (Å²) in [6.45, 7) is 2.26. The van der Waals surface area contributed by atoms with E-state index in [0.29, 0.717) is 6.54 Å². The average Bonchev–Trinajstić information content (AvgIpc) is 2.15. The second-order valence-electron chi connectivity index (χ2n) is 3.28. The van der Waals surface area contributed by atoms with Crippen LogP contribution in [0.5, 0.6) is 0 Å². The number of rotatable bonds is 1. The molecule has 2 rings (SSSR count). The van der Waals surface area contributed by atoms with Crippen molar-refractivity contribution in [2.75, 3.05) is 0 Å². The summed E-state index contributed by atoms with van der Waals surface area (Å²) in [6, 6.07) is 6.51. The van der Waals surface area contributed by atoms with Crippen molar-refractivity contribution >= 4 is 10.8 Å². The fourth-order valence-corrected chi connectivity index (χ4v) is 1.60. The number of benzene rings is 1. The summed E-state index contributed by atoms with van der Waals surface area (Å²) in [6.07, 6.45) is 0. The molecule has 14 heavy (non-hydrogen) atoms. The summed E-state index contributed by atoms with van der Waals surface area (Å²) in [5, 5.41) is 1.79. The van der Waals surface area contributed by atoms with E-state index >= 15 is 0 Å². The highest BCUT2D eigenvalue weighted by Gasteiger charge is 2.03. The molecule has 0 unspecified atom stereocenters. The summed E-state index contributed by atoms with van der Waals surface area (Å²) in [5.74, 6) is -0.230. The number of aryl methyl sites for hydroxylation is 1. The number of fused-ring (bicyclic) bond motifs is 1. The number of nitrogens with zero attached hydrogens (tertiary/aromatic N) is 1. The Labute approximate surface area is 81.6 Å². The van der Waals surface area contributed by atoms with Gasteiger partial charge in [-0.3, -0.25) is 4.98 Å². The van der Waals surface area contributed by atoms with Gasteiger partial charge in [-0.25, -0.2) is 4.39 Å². The van der Waals surface area contributed by atoms with Gasteiger partial charge in [-0.2, -0.15) is 0 Å². The predicted octanol–water partition coefficient (Wildman–Crippen LogP) is 2.14. The summed E-state index contributed by atoms with van der Waals surface area (Å²) in [7, 11) is 0. The second kappa shape index (κ2) is 3.35. The summed E-state index contributed by atoms with van der Waals surface area (Å²) < 4.78 is 13.0. The first-order chi connectivity index (χ1) is 6.70. The van der Waals surface area contributed by atoms with Crippen LogP contribution in [0.4, 0.5) is 4.39 Å². The fraction of sp³-hybridized carbons (Fsp3) is 0.182. The second-order valence-corrected chi connectivity index (χ2v) is 3.28. The van der Waals surface area contributed by atoms with E-state index in [9.17, 15) is 4.39 Å². The van der Waals surface area contributed by atoms with Crippen LogP contribution >= 0.6 is 0 Å². The Balaban J connectivity index is 2.81. The van der Waals surface area contributed by atoms with E-state index in [-0.39, 0.29) is 5.82 Å². The Kier molecular flexibility index (Phi) is 2.17. The van der Waals surface area contributed by atoms with Gasteiger partial charge in [0.25, 0.3) is 0 Å². The van der Waals surface area contributed by atoms with E-state index in [4.69, 9.17) is 5.73 Å². The lowest BCUT2D eigenvalue weighted by atomic mass is 10.1. The van der Waals surface area contributed by atoms with Crippen LogP contribution in [0.1, 0.15) is 11.4 Å². The monoisotopic (exact) mass is 190 g/mol. The third-order valence-corrected chi connectivity index (χ3v) is 2.19. The molecule has 0 bridgehead atoms. The van der Waals surface area contributed by atoms with Crippen molar-refractivity contribution in [3.05, 3.63) is 41.5 Å². The van der Waals surface area contributed by atoms with E-state index in [1.54, 1.807) is 6.07 Å². The molecule has 2 nitrogen and oxygen atoms in total. The molecule has 0 aliphatic heterocycles. The largest absolute Gasteiger partial charge is 0.325 e. The van der Waals surface area contributed by atoms with Crippen LogP contribution in [0, 0.1) is 12.7 Å². The lowest BCUT2D eigenvalue weighted by molar-refractivity contribution is 0.629. The molecule has 3 heteroatoms. The summed E-state index contributed by atoms with van der Waals surface area (Å²) in [4.78, 5) is 4.30. The molecule has 0 saturated carbocycles. The molecule has 0 amide bonds. The van der Waals surface area contributed by atoms with Crippen LogP contribution < -0.4 is 5.73 Å². The first-order valence-electron chi connectivity index (χ1n) is 4.46. The Hall–Kier alpha value is -1.48. The molecule has 0 fully saturated rings. The molecule has 0 saturated heterocycles. The molecular weight excluding hydrogens is 179 g/mol. The Morgan fingerprint density at radius 2 is 2.14 bits per heavy atom. The first kappa shape index (κ1) is 9.09. The number of aromatic nitrogens is 1. The topological polar surface area (TPSA) is 38.9 Å².